The molecule has 0 aromatic heterocycles. The Balaban J connectivity index is 1.42. The van der Waals surface area contributed by atoms with Gasteiger partial charge in [-0.25, -0.2) is 0 Å². The summed E-state index contributed by atoms with van der Waals surface area (Å²) in [6, 6.07) is 8.95. The number of alkyl halides is 6. The lowest BCUT2D eigenvalue weighted by Gasteiger charge is -2.38. The lowest BCUT2D eigenvalue weighted by atomic mass is 9.88. The van der Waals surface area contributed by atoms with Crippen LogP contribution in [0, 0.1) is 0 Å². The van der Waals surface area contributed by atoms with E-state index in [1.54, 1.807) is 0 Å². The molecule has 10 heteroatoms. The molecule has 196 valence electrons. The normalized spacial score (nSPS) is 18.7. The fourth-order valence-electron chi connectivity index (χ4n) is 4.84. The van der Waals surface area contributed by atoms with Crippen molar-refractivity contribution in [2.75, 3.05) is 26.2 Å². The van der Waals surface area contributed by atoms with Gasteiger partial charge in [0.05, 0.1) is 11.1 Å². The zero-order valence-electron chi connectivity index (χ0n) is 19.5. The standard InChI is InChI=1S/C26H27F6NO3/c27-25(28,29)20-6-1-4-18(16-20)23(19-5-2-7-21(17-19)26(30,31)32)35-15-3-12-33-13-10-24(11-14-33)9-8-22(34)36-24/h1-2,4-7,16-17,23H,3,8-15H2. The molecule has 2 fully saturated rings. The molecule has 36 heavy (non-hydrogen) atoms. The molecule has 2 aliphatic rings. The number of piperidine rings is 1. The van der Waals surface area contributed by atoms with E-state index < -0.39 is 29.6 Å². The third-order valence-corrected chi connectivity index (χ3v) is 6.82. The van der Waals surface area contributed by atoms with E-state index >= 15 is 0 Å². The maximum atomic E-state index is 13.3. The third kappa shape index (κ3) is 6.39. The van der Waals surface area contributed by atoms with Crippen molar-refractivity contribution in [3.8, 4) is 0 Å². The number of ether oxygens (including phenoxy) is 2. The van der Waals surface area contributed by atoms with Crippen LogP contribution in [0.1, 0.15) is 60.5 Å². The van der Waals surface area contributed by atoms with Crippen LogP contribution in [-0.4, -0.2) is 42.7 Å². The van der Waals surface area contributed by atoms with Gasteiger partial charge in [-0.3, -0.25) is 4.79 Å². The molecule has 2 heterocycles. The Morgan fingerprint density at radius 3 is 1.92 bits per heavy atom. The number of benzene rings is 2. The highest BCUT2D eigenvalue weighted by atomic mass is 19.4. The molecule has 0 atom stereocenters. The molecule has 0 saturated carbocycles. The SMILES string of the molecule is O=C1CCC2(CCN(CCCOC(c3cccc(C(F)(F)F)c3)c3cccc(C(F)(F)F)c3)CC2)O1. The van der Waals surface area contributed by atoms with Gasteiger partial charge in [-0.15, -0.1) is 0 Å². The van der Waals surface area contributed by atoms with E-state index in [-0.39, 0.29) is 29.3 Å². The monoisotopic (exact) mass is 515 g/mol. The zero-order valence-corrected chi connectivity index (χ0v) is 19.5. The number of esters is 1. The van der Waals surface area contributed by atoms with Crippen molar-refractivity contribution in [3.63, 3.8) is 0 Å². The summed E-state index contributed by atoms with van der Waals surface area (Å²) in [5.41, 5.74) is -1.88. The van der Waals surface area contributed by atoms with Crippen molar-refractivity contribution in [3.05, 3.63) is 70.8 Å². The number of hydrogen-bond donors (Lipinski definition) is 0. The number of carbonyl (C=O) groups excluding carboxylic acids is 1. The van der Waals surface area contributed by atoms with E-state index in [0.717, 1.165) is 56.6 Å². The van der Waals surface area contributed by atoms with Crippen LogP contribution in [0.15, 0.2) is 48.5 Å². The third-order valence-electron chi connectivity index (χ3n) is 6.82. The number of carbonyl (C=O) groups is 1. The van der Waals surface area contributed by atoms with Gasteiger partial charge in [0.25, 0.3) is 0 Å². The smallest absolute Gasteiger partial charge is 0.416 e. The van der Waals surface area contributed by atoms with Crippen molar-refractivity contribution >= 4 is 5.97 Å². The molecule has 2 aromatic rings. The summed E-state index contributed by atoms with van der Waals surface area (Å²) in [5, 5.41) is 0. The van der Waals surface area contributed by atoms with Crippen molar-refractivity contribution in [2.24, 2.45) is 0 Å². The molecule has 0 unspecified atom stereocenters. The summed E-state index contributed by atoms with van der Waals surface area (Å²) in [6.07, 6.45) is -7.05. The minimum absolute atomic E-state index is 0.132. The summed E-state index contributed by atoms with van der Waals surface area (Å²) in [5.74, 6) is -0.160. The van der Waals surface area contributed by atoms with Crippen LogP contribution in [-0.2, 0) is 26.6 Å². The van der Waals surface area contributed by atoms with Crippen LogP contribution >= 0.6 is 0 Å². The van der Waals surface area contributed by atoms with Crippen molar-refractivity contribution in [1.29, 1.82) is 0 Å². The highest BCUT2D eigenvalue weighted by molar-refractivity contribution is 5.72. The van der Waals surface area contributed by atoms with E-state index in [0.29, 0.717) is 19.4 Å². The predicted octanol–water partition coefficient (Wildman–Crippen LogP) is 6.39. The molecule has 4 nitrogen and oxygen atoms in total. The van der Waals surface area contributed by atoms with Crippen LogP contribution in [0.2, 0.25) is 0 Å². The lowest BCUT2D eigenvalue weighted by molar-refractivity contribution is -0.152. The summed E-state index contributed by atoms with van der Waals surface area (Å²) >= 11 is 0. The second-order valence-electron chi connectivity index (χ2n) is 9.35. The quantitative estimate of drug-likeness (QED) is 0.243. The van der Waals surface area contributed by atoms with Gasteiger partial charge in [0.1, 0.15) is 11.7 Å². The van der Waals surface area contributed by atoms with Crippen molar-refractivity contribution in [1.82, 2.24) is 4.90 Å². The molecule has 2 aliphatic heterocycles. The summed E-state index contributed by atoms with van der Waals surface area (Å²) in [6.45, 7) is 2.30. The van der Waals surface area contributed by atoms with Gasteiger partial charge in [0.2, 0.25) is 0 Å². The number of halogens is 6. The van der Waals surface area contributed by atoms with Gasteiger partial charge in [-0.05, 0) is 61.1 Å². The average molecular weight is 515 g/mol. The van der Waals surface area contributed by atoms with E-state index in [9.17, 15) is 31.1 Å². The second-order valence-corrected chi connectivity index (χ2v) is 9.35. The molecule has 1 spiro atoms. The van der Waals surface area contributed by atoms with Crippen LogP contribution in [0.25, 0.3) is 0 Å². The van der Waals surface area contributed by atoms with E-state index in [1.807, 2.05) is 0 Å². The van der Waals surface area contributed by atoms with Crippen LogP contribution in [0.4, 0.5) is 26.3 Å². The van der Waals surface area contributed by atoms with E-state index in [2.05, 4.69) is 4.90 Å². The maximum absolute atomic E-state index is 13.3. The first-order valence-corrected chi connectivity index (χ1v) is 11.9. The number of rotatable bonds is 7. The molecule has 0 N–H and O–H groups in total. The second kappa shape index (κ2) is 10.4. The average Bonchev–Trinajstić information content (AvgIpc) is 3.19. The number of likely N-dealkylation sites (tertiary alicyclic amines) is 1. The first-order valence-electron chi connectivity index (χ1n) is 11.9. The van der Waals surface area contributed by atoms with Crippen LogP contribution in [0.5, 0.6) is 0 Å². The molecule has 0 amide bonds. The largest absolute Gasteiger partial charge is 0.459 e. The Labute approximate surface area is 205 Å². The Kier molecular flexibility index (Phi) is 7.66. The maximum Gasteiger partial charge on any atom is 0.416 e. The van der Waals surface area contributed by atoms with Crippen molar-refractivity contribution < 1.29 is 40.6 Å². The van der Waals surface area contributed by atoms with Crippen molar-refractivity contribution in [2.45, 2.75) is 56.2 Å². The first-order chi connectivity index (χ1) is 17.0. The summed E-state index contributed by atoms with van der Waals surface area (Å²) in [4.78, 5) is 13.7. The Bertz CT molecular complexity index is 1000. The first kappa shape index (κ1) is 26.5. The van der Waals surface area contributed by atoms with Gasteiger partial charge >= 0.3 is 18.3 Å². The van der Waals surface area contributed by atoms with Gasteiger partial charge in [0, 0.05) is 32.7 Å². The van der Waals surface area contributed by atoms with E-state index in [4.69, 9.17) is 9.47 Å². The Morgan fingerprint density at radius 2 is 1.44 bits per heavy atom. The molecule has 2 aromatic carbocycles. The van der Waals surface area contributed by atoms with Crippen LogP contribution in [0.3, 0.4) is 0 Å². The van der Waals surface area contributed by atoms with Crippen LogP contribution < -0.4 is 0 Å². The highest BCUT2D eigenvalue weighted by Gasteiger charge is 2.42. The number of hydrogen-bond acceptors (Lipinski definition) is 4. The van der Waals surface area contributed by atoms with Gasteiger partial charge in [-0.1, -0.05) is 24.3 Å². The molecular weight excluding hydrogens is 488 g/mol. The topological polar surface area (TPSA) is 38.8 Å². The fourth-order valence-corrected chi connectivity index (χ4v) is 4.84. The minimum atomic E-state index is -4.59. The summed E-state index contributed by atoms with van der Waals surface area (Å²) < 4.78 is 91.1. The summed E-state index contributed by atoms with van der Waals surface area (Å²) in [7, 11) is 0. The zero-order chi connectivity index (χ0) is 26.0. The lowest BCUT2D eigenvalue weighted by Crippen LogP contribution is -2.44. The fraction of sp³-hybridized carbons (Fsp3) is 0.500. The molecular formula is C26H27F6NO3. The molecule has 2 saturated heterocycles. The molecule has 0 bridgehead atoms. The number of nitrogens with zero attached hydrogens (tertiary/aromatic N) is 1. The predicted molar refractivity (Wildman–Crippen MR) is 119 cm³/mol. The Hall–Kier alpha value is -2.59. The van der Waals surface area contributed by atoms with Gasteiger partial charge < -0.3 is 14.4 Å². The Morgan fingerprint density at radius 1 is 0.889 bits per heavy atom. The highest BCUT2D eigenvalue weighted by Crippen LogP contribution is 2.37. The minimum Gasteiger partial charge on any atom is -0.459 e. The van der Waals surface area contributed by atoms with E-state index in [1.165, 1.54) is 24.3 Å². The van der Waals surface area contributed by atoms with Gasteiger partial charge in [0.15, 0.2) is 0 Å². The molecule has 0 radical (unpaired) electrons. The molecule has 0 aliphatic carbocycles. The van der Waals surface area contributed by atoms with Gasteiger partial charge in [-0.2, -0.15) is 26.3 Å². The molecule has 4 rings (SSSR count).